The zero-order valence-corrected chi connectivity index (χ0v) is 17.2. The molecule has 1 unspecified atom stereocenters. The van der Waals surface area contributed by atoms with Gasteiger partial charge >= 0.3 is 0 Å². The zero-order valence-electron chi connectivity index (χ0n) is 17.2. The predicted molar refractivity (Wildman–Crippen MR) is 111 cm³/mol. The Morgan fingerprint density at radius 2 is 1.81 bits per heavy atom. The van der Waals surface area contributed by atoms with Gasteiger partial charge in [-0.3, -0.25) is 0 Å². The van der Waals surface area contributed by atoms with Crippen molar-refractivity contribution in [1.82, 2.24) is 0 Å². The van der Waals surface area contributed by atoms with Gasteiger partial charge in [0.1, 0.15) is 11.5 Å². The number of phenols is 1. The Hall–Kier alpha value is -1.96. The molecular formula is C24H34O2. The van der Waals surface area contributed by atoms with Crippen molar-refractivity contribution in [1.29, 1.82) is 0 Å². The van der Waals surface area contributed by atoms with Crippen LogP contribution in [0.5, 0.6) is 5.75 Å². The molecular weight excluding hydrogens is 320 g/mol. The van der Waals surface area contributed by atoms with Crippen LogP contribution in [0.3, 0.4) is 0 Å². The van der Waals surface area contributed by atoms with E-state index in [0.29, 0.717) is 17.9 Å². The van der Waals surface area contributed by atoms with Gasteiger partial charge in [0.15, 0.2) is 0 Å². The lowest BCUT2D eigenvalue weighted by Crippen LogP contribution is -2.17. The number of hydrogen-bond donors (Lipinski definition) is 2. The average molecular weight is 355 g/mol. The van der Waals surface area contributed by atoms with Crippen LogP contribution in [0, 0.1) is 5.92 Å². The molecule has 0 saturated carbocycles. The third-order valence-electron chi connectivity index (χ3n) is 5.36. The molecule has 2 nitrogen and oxygen atoms in total. The van der Waals surface area contributed by atoms with Crippen LogP contribution in [-0.2, 0) is 18.3 Å². The highest BCUT2D eigenvalue weighted by Crippen LogP contribution is 2.39. The number of aliphatic hydroxyl groups is 1. The lowest BCUT2D eigenvalue weighted by Gasteiger charge is -2.27. The average Bonchev–Trinajstić information content (AvgIpc) is 2.56. The van der Waals surface area contributed by atoms with Crippen molar-refractivity contribution >= 4 is 0 Å². The molecule has 142 valence electrons. The number of hydrogen-bond acceptors (Lipinski definition) is 2. The van der Waals surface area contributed by atoms with Crippen LogP contribution >= 0.6 is 0 Å². The lowest BCUT2D eigenvalue weighted by molar-refractivity contribution is 0.314. The summed E-state index contributed by atoms with van der Waals surface area (Å²) in [5.74, 6) is 0.785. The quantitative estimate of drug-likeness (QED) is 0.630. The van der Waals surface area contributed by atoms with Crippen molar-refractivity contribution in [2.24, 2.45) is 5.92 Å². The van der Waals surface area contributed by atoms with E-state index in [0.717, 1.165) is 41.5 Å². The highest BCUT2D eigenvalue weighted by atomic mass is 16.3. The van der Waals surface area contributed by atoms with Crippen molar-refractivity contribution in [2.45, 2.75) is 72.6 Å². The minimum Gasteiger partial charge on any atom is -0.511 e. The monoisotopic (exact) mass is 354 g/mol. The summed E-state index contributed by atoms with van der Waals surface area (Å²) < 4.78 is 0. The molecule has 0 aromatic heterocycles. The summed E-state index contributed by atoms with van der Waals surface area (Å²) in [6, 6.07) is 4.22. The van der Waals surface area contributed by atoms with Crippen molar-refractivity contribution in [3.63, 3.8) is 0 Å². The summed E-state index contributed by atoms with van der Waals surface area (Å²) in [7, 11) is 0. The summed E-state index contributed by atoms with van der Waals surface area (Å²) >= 11 is 0. The van der Waals surface area contributed by atoms with Crippen molar-refractivity contribution < 1.29 is 10.2 Å². The minimum atomic E-state index is -0.119. The minimum absolute atomic E-state index is 0.00697. The Bertz CT molecular complexity index is 757. The molecule has 0 saturated heterocycles. The van der Waals surface area contributed by atoms with Gasteiger partial charge in [0.2, 0.25) is 0 Å². The second-order valence-corrected chi connectivity index (χ2v) is 8.60. The molecule has 1 aliphatic carbocycles. The maximum atomic E-state index is 10.9. The molecule has 1 atom stereocenters. The lowest BCUT2D eigenvalue weighted by atomic mass is 9.79. The van der Waals surface area contributed by atoms with E-state index in [1.165, 1.54) is 11.1 Å². The number of aryl methyl sites for hydroxylation is 1. The SMILES string of the molecule is C=C(C)C1=C(O)C(Cc2cc(CC)cc(C(C)(C)C)c2O)CC(CC)=C1. The van der Waals surface area contributed by atoms with Crippen LogP contribution in [0.1, 0.15) is 71.1 Å². The Balaban J connectivity index is 2.48. The van der Waals surface area contributed by atoms with Crippen LogP contribution in [-0.4, -0.2) is 10.2 Å². The van der Waals surface area contributed by atoms with E-state index < -0.39 is 0 Å². The highest BCUT2D eigenvalue weighted by Gasteiger charge is 2.27. The Kier molecular flexibility index (Phi) is 6.05. The van der Waals surface area contributed by atoms with E-state index in [4.69, 9.17) is 0 Å². The fraction of sp³-hybridized carbons (Fsp3) is 0.500. The summed E-state index contributed by atoms with van der Waals surface area (Å²) in [6.45, 7) is 16.6. The second-order valence-electron chi connectivity index (χ2n) is 8.60. The maximum Gasteiger partial charge on any atom is 0.122 e. The molecule has 1 aromatic rings. The first-order valence-electron chi connectivity index (χ1n) is 9.72. The molecule has 2 heteroatoms. The number of benzene rings is 1. The molecule has 1 aliphatic rings. The molecule has 0 fully saturated rings. The third kappa shape index (κ3) is 4.23. The van der Waals surface area contributed by atoms with E-state index in [1.807, 2.05) is 6.92 Å². The van der Waals surface area contributed by atoms with Gasteiger partial charge in [-0.25, -0.2) is 0 Å². The van der Waals surface area contributed by atoms with Gasteiger partial charge < -0.3 is 10.2 Å². The molecule has 0 amide bonds. The topological polar surface area (TPSA) is 40.5 Å². The Morgan fingerprint density at radius 1 is 1.15 bits per heavy atom. The highest BCUT2D eigenvalue weighted by molar-refractivity contribution is 5.49. The molecule has 2 rings (SSSR count). The Morgan fingerprint density at radius 3 is 2.31 bits per heavy atom. The van der Waals surface area contributed by atoms with Gasteiger partial charge in [-0.05, 0) is 60.3 Å². The first-order chi connectivity index (χ1) is 12.1. The molecule has 0 aliphatic heterocycles. The number of aromatic hydroxyl groups is 1. The van der Waals surface area contributed by atoms with Crippen LogP contribution in [0.2, 0.25) is 0 Å². The number of aliphatic hydroxyl groups excluding tert-OH is 1. The van der Waals surface area contributed by atoms with Gasteiger partial charge in [-0.1, -0.05) is 65.0 Å². The van der Waals surface area contributed by atoms with E-state index in [9.17, 15) is 10.2 Å². The molecule has 1 aromatic carbocycles. The summed E-state index contributed by atoms with van der Waals surface area (Å²) in [5, 5.41) is 21.7. The van der Waals surface area contributed by atoms with Gasteiger partial charge in [0.25, 0.3) is 0 Å². The zero-order chi connectivity index (χ0) is 19.6. The normalized spacial score (nSPS) is 18.1. The van der Waals surface area contributed by atoms with E-state index in [2.05, 4.69) is 59.4 Å². The smallest absolute Gasteiger partial charge is 0.122 e. The van der Waals surface area contributed by atoms with Crippen LogP contribution in [0.15, 0.2) is 47.3 Å². The van der Waals surface area contributed by atoms with Gasteiger partial charge in [-0.2, -0.15) is 0 Å². The summed E-state index contributed by atoms with van der Waals surface area (Å²) in [5.41, 5.74) is 6.11. The van der Waals surface area contributed by atoms with Crippen molar-refractivity contribution in [3.05, 3.63) is 64.0 Å². The molecule has 0 heterocycles. The van der Waals surface area contributed by atoms with Crippen LogP contribution in [0.25, 0.3) is 0 Å². The number of phenolic OH excluding ortho intramolecular Hbond substituents is 1. The Labute approximate surface area is 159 Å². The molecule has 2 N–H and O–H groups in total. The maximum absolute atomic E-state index is 10.9. The predicted octanol–water partition coefficient (Wildman–Crippen LogP) is 6.54. The summed E-state index contributed by atoms with van der Waals surface area (Å²) in [4.78, 5) is 0. The van der Waals surface area contributed by atoms with E-state index in [-0.39, 0.29) is 11.3 Å². The van der Waals surface area contributed by atoms with Gasteiger partial charge in [0.05, 0.1) is 0 Å². The molecule has 0 spiro atoms. The van der Waals surface area contributed by atoms with Gasteiger partial charge in [0, 0.05) is 11.5 Å². The first kappa shape index (κ1) is 20.4. The second kappa shape index (κ2) is 7.73. The molecule has 26 heavy (non-hydrogen) atoms. The third-order valence-corrected chi connectivity index (χ3v) is 5.36. The number of rotatable bonds is 5. The van der Waals surface area contributed by atoms with Crippen molar-refractivity contribution in [2.75, 3.05) is 0 Å². The van der Waals surface area contributed by atoms with Crippen molar-refractivity contribution in [3.8, 4) is 5.75 Å². The largest absolute Gasteiger partial charge is 0.511 e. The first-order valence-corrected chi connectivity index (χ1v) is 9.72. The van der Waals surface area contributed by atoms with E-state index in [1.54, 1.807) is 0 Å². The molecule has 0 radical (unpaired) electrons. The van der Waals surface area contributed by atoms with E-state index >= 15 is 0 Å². The summed E-state index contributed by atoms with van der Waals surface area (Å²) in [6.07, 6.45) is 5.45. The fourth-order valence-electron chi connectivity index (χ4n) is 3.68. The molecule has 0 bridgehead atoms. The number of allylic oxidation sites excluding steroid dienone is 5. The van der Waals surface area contributed by atoms with Crippen LogP contribution in [0.4, 0.5) is 0 Å². The van der Waals surface area contributed by atoms with Gasteiger partial charge in [-0.15, -0.1) is 0 Å². The fourth-order valence-corrected chi connectivity index (χ4v) is 3.68. The standard InChI is InChI=1S/C24H34O2/c1-8-16-10-18(22(25)20(12-16)15(3)4)14-19-11-17(9-2)13-21(23(19)26)24(5,6)7/h11-13,18,25-26H,3,8-10,14H2,1-2,4-7H3. The van der Waals surface area contributed by atoms with Crippen LogP contribution < -0.4 is 0 Å².